The molecule has 0 saturated carbocycles. The van der Waals surface area contributed by atoms with Crippen molar-refractivity contribution in [3.05, 3.63) is 93.8 Å². The summed E-state index contributed by atoms with van der Waals surface area (Å²) in [6.45, 7) is 0. The minimum absolute atomic E-state index is 0.245. The van der Waals surface area contributed by atoms with Gasteiger partial charge in [-0.25, -0.2) is 4.98 Å². The number of aromatic nitrogens is 1. The van der Waals surface area contributed by atoms with E-state index >= 15 is 0 Å². The monoisotopic (exact) mass is 439 g/mol. The molecular formula is C22H15Cl2N3OS. The van der Waals surface area contributed by atoms with E-state index in [1.54, 1.807) is 24.3 Å². The number of rotatable bonds is 5. The maximum absolute atomic E-state index is 12.4. The summed E-state index contributed by atoms with van der Waals surface area (Å²) in [6.07, 6.45) is 0. The van der Waals surface area contributed by atoms with E-state index in [0.29, 0.717) is 21.3 Å². The highest BCUT2D eigenvalue weighted by molar-refractivity contribution is 7.14. The predicted octanol–water partition coefficient (Wildman–Crippen LogP) is 7.11. The molecule has 7 heteroatoms. The lowest BCUT2D eigenvalue weighted by Crippen LogP contribution is -2.12. The summed E-state index contributed by atoms with van der Waals surface area (Å²) in [5.74, 6) is -0.245. The van der Waals surface area contributed by atoms with Crippen LogP contribution in [0.25, 0.3) is 11.3 Å². The average molecular weight is 440 g/mol. The van der Waals surface area contributed by atoms with Crippen LogP contribution in [0.4, 0.5) is 16.5 Å². The molecule has 144 valence electrons. The van der Waals surface area contributed by atoms with Gasteiger partial charge in [0, 0.05) is 27.3 Å². The number of nitrogens with zero attached hydrogens (tertiary/aromatic N) is 1. The number of carbonyl (C=O) groups excluding carboxylic acids is 1. The van der Waals surface area contributed by atoms with Crippen LogP contribution in [0.15, 0.2) is 78.2 Å². The van der Waals surface area contributed by atoms with Gasteiger partial charge in [0.25, 0.3) is 5.91 Å². The van der Waals surface area contributed by atoms with Crippen LogP contribution in [0.2, 0.25) is 10.0 Å². The maximum Gasteiger partial charge on any atom is 0.257 e. The highest BCUT2D eigenvalue weighted by atomic mass is 35.5. The van der Waals surface area contributed by atoms with Crippen LogP contribution in [-0.4, -0.2) is 10.9 Å². The van der Waals surface area contributed by atoms with E-state index in [9.17, 15) is 4.79 Å². The number of thiazole rings is 1. The molecule has 3 aromatic carbocycles. The summed E-state index contributed by atoms with van der Waals surface area (Å²) in [5, 5.41) is 9.94. The van der Waals surface area contributed by atoms with Crippen molar-refractivity contribution in [2.24, 2.45) is 0 Å². The predicted molar refractivity (Wildman–Crippen MR) is 122 cm³/mol. The Hall–Kier alpha value is -2.86. The van der Waals surface area contributed by atoms with E-state index < -0.39 is 0 Å². The molecule has 0 radical (unpaired) electrons. The van der Waals surface area contributed by atoms with Crippen LogP contribution >= 0.6 is 34.5 Å². The fourth-order valence-corrected chi connectivity index (χ4v) is 3.87. The first-order chi connectivity index (χ1) is 14.1. The Morgan fingerprint density at radius 2 is 1.69 bits per heavy atom. The molecule has 1 amide bonds. The lowest BCUT2D eigenvalue weighted by molar-refractivity contribution is 0.102. The van der Waals surface area contributed by atoms with Crippen molar-refractivity contribution >= 4 is 57.0 Å². The Kier molecular flexibility index (Phi) is 5.81. The molecule has 0 aliphatic rings. The molecule has 0 saturated heterocycles. The number of anilines is 3. The molecule has 0 atom stereocenters. The van der Waals surface area contributed by atoms with E-state index in [2.05, 4.69) is 15.6 Å². The molecule has 1 heterocycles. The topological polar surface area (TPSA) is 54.0 Å². The van der Waals surface area contributed by atoms with Crippen LogP contribution in [0.5, 0.6) is 0 Å². The van der Waals surface area contributed by atoms with Gasteiger partial charge in [0.05, 0.1) is 16.3 Å². The van der Waals surface area contributed by atoms with E-state index in [-0.39, 0.29) is 5.91 Å². The van der Waals surface area contributed by atoms with E-state index in [4.69, 9.17) is 23.2 Å². The third-order valence-corrected chi connectivity index (χ3v) is 5.46. The number of halogens is 2. The van der Waals surface area contributed by atoms with E-state index in [1.807, 2.05) is 53.9 Å². The third-order valence-electron chi connectivity index (χ3n) is 4.14. The minimum atomic E-state index is -0.245. The minimum Gasteiger partial charge on any atom is -0.331 e. The number of benzene rings is 3. The van der Waals surface area contributed by atoms with Crippen LogP contribution < -0.4 is 10.6 Å². The van der Waals surface area contributed by atoms with Gasteiger partial charge in [-0.2, -0.15) is 0 Å². The second kappa shape index (κ2) is 8.66. The first-order valence-corrected chi connectivity index (χ1v) is 10.4. The smallest absolute Gasteiger partial charge is 0.257 e. The molecule has 0 fully saturated rings. The fraction of sp³-hybridized carbons (Fsp3) is 0. The van der Waals surface area contributed by atoms with Crippen molar-refractivity contribution < 1.29 is 4.79 Å². The molecule has 0 spiro atoms. The standard InChI is InChI=1S/C22H15Cl2N3OS/c23-15-4-3-5-17(12-15)26-22-27-20(13-29-22)14-8-10-16(11-9-14)25-21(28)18-6-1-2-7-19(18)24/h1-13H,(H,25,28)(H,26,27). The van der Waals surface area contributed by atoms with Crippen LogP contribution in [0.1, 0.15) is 10.4 Å². The van der Waals surface area contributed by atoms with Crippen LogP contribution in [0, 0.1) is 0 Å². The summed E-state index contributed by atoms with van der Waals surface area (Å²) in [7, 11) is 0. The van der Waals surface area contributed by atoms with Crippen molar-refractivity contribution in [1.82, 2.24) is 4.98 Å². The van der Waals surface area contributed by atoms with Gasteiger partial charge in [-0.1, -0.05) is 53.5 Å². The van der Waals surface area contributed by atoms with Crippen molar-refractivity contribution in [3.63, 3.8) is 0 Å². The SMILES string of the molecule is O=C(Nc1ccc(-c2csc(Nc3cccc(Cl)c3)n2)cc1)c1ccccc1Cl. The highest BCUT2D eigenvalue weighted by Crippen LogP contribution is 2.29. The molecule has 0 bridgehead atoms. The molecule has 1 aromatic heterocycles. The number of carbonyl (C=O) groups is 1. The first kappa shape index (κ1) is 19.5. The summed E-state index contributed by atoms with van der Waals surface area (Å²) >= 11 is 13.6. The fourth-order valence-electron chi connectivity index (χ4n) is 2.72. The van der Waals surface area contributed by atoms with E-state index in [0.717, 1.165) is 22.1 Å². The van der Waals surface area contributed by atoms with E-state index in [1.165, 1.54) is 11.3 Å². The van der Waals surface area contributed by atoms with Gasteiger partial charge >= 0.3 is 0 Å². The number of nitrogens with one attached hydrogen (secondary N) is 2. The van der Waals surface area contributed by atoms with Crippen LogP contribution in [-0.2, 0) is 0 Å². The summed E-state index contributed by atoms with van der Waals surface area (Å²) < 4.78 is 0. The first-order valence-electron chi connectivity index (χ1n) is 8.73. The Bertz CT molecular complexity index is 1160. The molecule has 2 N–H and O–H groups in total. The van der Waals surface area contributed by atoms with Gasteiger partial charge in [0.2, 0.25) is 0 Å². The third kappa shape index (κ3) is 4.77. The Morgan fingerprint density at radius 1 is 0.897 bits per heavy atom. The summed E-state index contributed by atoms with van der Waals surface area (Å²) in [4.78, 5) is 17.0. The summed E-state index contributed by atoms with van der Waals surface area (Å²) in [6, 6.07) is 22.0. The largest absolute Gasteiger partial charge is 0.331 e. The Balaban J connectivity index is 1.45. The zero-order valence-electron chi connectivity index (χ0n) is 15.0. The normalized spacial score (nSPS) is 10.6. The molecule has 0 unspecified atom stereocenters. The molecule has 29 heavy (non-hydrogen) atoms. The molecule has 4 rings (SSSR count). The Labute approximate surface area is 182 Å². The molecule has 0 aliphatic heterocycles. The van der Waals surface area contributed by atoms with Crippen molar-refractivity contribution in [2.75, 3.05) is 10.6 Å². The molecule has 4 nitrogen and oxygen atoms in total. The molecule has 4 aromatic rings. The Morgan fingerprint density at radius 3 is 2.45 bits per heavy atom. The van der Waals surface area contributed by atoms with Crippen molar-refractivity contribution in [2.45, 2.75) is 0 Å². The van der Waals surface area contributed by atoms with Gasteiger partial charge in [0.15, 0.2) is 5.13 Å². The number of hydrogen-bond donors (Lipinski definition) is 2. The van der Waals surface area contributed by atoms with Gasteiger partial charge in [-0.15, -0.1) is 11.3 Å². The van der Waals surface area contributed by atoms with Crippen LogP contribution in [0.3, 0.4) is 0 Å². The zero-order chi connectivity index (χ0) is 20.2. The van der Waals surface area contributed by atoms with Crippen molar-refractivity contribution in [3.8, 4) is 11.3 Å². The van der Waals surface area contributed by atoms with Gasteiger partial charge < -0.3 is 10.6 Å². The highest BCUT2D eigenvalue weighted by Gasteiger charge is 2.10. The summed E-state index contributed by atoms with van der Waals surface area (Å²) in [5.41, 5.74) is 3.82. The second-order valence-corrected chi connectivity index (χ2v) is 7.89. The number of amides is 1. The quantitative estimate of drug-likeness (QED) is 0.348. The molecular weight excluding hydrogens is 425 g/mol. The van der Waals surface area contributed by atoms with Gasteiger partial charge in [0.1, 0.15) is 0 Å². The zero-order valence-corrected chi connectivity index (χ0v) is 17.4. The van der Waals surface area contributed by atoms with Crippen molar-refractivity contribution in [1.29, 1.82) is 0 Å². The van der Waals surface area contributed by atoms with Gasteiger partial charge in [-0.3, -0.25) is 4.79 Å². The number of hydrogen-bond acceptors (Lipinski definition) is 4. The second-order valence-electron chi connectivity index (χ2n) is 6.18. The maximum atomic E-state index is 12.4. The molecule has 0 aliphatic carbocycles. The lowest BCUT2D eigenvalue weighted by Gasteiger charge is -2.07. The van der Waals surface area contributed by atoms with Gasteiger partial charge in [-0.05, 0) is 42.5 Å². The lowest BCUT2D eigenvalue weighted by atomic mass is 10.1. The average Bonchev–Trinajstić information content (AvgIpc) is 3.17.